The number of methoxy groups -OCH3 is 1. The maximum atomic E-state index is 6.27. The molecule has 1 aliphatic rings. The summed E-state index contributed by atoms with van der Waals surface area (Å²) in [6.45, 7) is 0.782. The standard InChI is InChI=1S/C15H22ClNOS/c1-18-14-8-5-6-12(16)11(14)10-17-13-7-3-4-9-15(13)19-2/h5-6,8,13,15,17H,3-4,7,9-10H2,1-2H3. The van der Waals surface area contributed by atoms with E-state index in [0.29, 0.717) is 6.04 Å². The molecule has 0 saturated heterocycles. The van der Waals surface area contributed by atoms with Crippen LogP contribution in [0.2, 0.25) is 5.02 Å². The lowest BCUT2D eigenvalue weighted by atomic mass is 9.94. The summed E-state index contributed by atoms with van der Waals surface area (Å²) in [5.74, 6) is 0.872. The van der Waals surface area contributed by atoms with Gasteiger partial charge >= 0.3 is 0 Å². The third-order valence-electron chi connectivity index (χ3n) is 3.84. The lowest BCUT2D eigenvalue weighted by Gasteiger charge is -2.31. The summed E-state index contributed by atoms with van der Waals surface area (Å²) in [5, 5.41) is 5.17. The predicted molar refractivity (Wildman–Crippen MR) is 84.4 cm³/mol. The molecule has 2 atom stereocenters. The van der Waals surface area contributed by atoms with E-state index in [2.05, 4.69) is 11.6 Å². The van der Waals surface area contributed by atoms with Crippen LogP contribution in [0, 0.1) is 0 Å². The van der Waals surface area contributed by atoms with Crippen LogP contribution in [0.4, 0.5) is 0 Å². The molecule has 0 spiro atoms. The van der Waals surface area contributed by atoms with E-state index in [1.54, 1.807) is 7.11 Å². The third-order valence-corrected chi connectivity index (χ3v) is 5.37. The summed E-state index contributed by atoms with van der Waals surface area (Å²) in [6.07, 6.45) is 7.48. The molecule has 1 aromatic carbocycles. The number of hydrogen-bond acceptors (Lipinski definition) is 3. The zero-order valence-corrected chi connectivity index (χ0v) is 13.2. The number of nitrogens with one attached hydrogen (secondary N) is 1. The van der Waals surface area contributed by atoms with Crippen LogP contribution in [0.25, 0.3) is 0 Å². The summed E-state index contributed by atoms with van der Waals surface area (Å²) in [5.41, 5.74) is 1.07. The van der Waals surface area contributed by atoms with Crippen molar-refractivity contribution in [3.05, 3.63) is 28.8 Å². The second-order valence-electron chi connectivity index (χ2n) is 4.97. The van der Waals surface area contributed by atoms with Crippen molar-refractivity contribution in [2.45, 2.75) is 43.5 Å². The topological polar surface area (TPSA) is 21.3 Å². The molecule has 0 heterocycles. The van der Waals surface area contributed by atoms with E-state index < -0.39 is 0 Å². The van der Waals surface area contributed by atoms with Crippen molar-refractivity contribution >= 4 is 23.4 Å². The zero-order valence-electron chi connectivity index (χ0n) is 11.6. The Morgan fingerprint density at radius 3 is 2.89 bits per heavy atom. The highest BCUT2D eigenvalue weighted by atomic mass is 35.5. The summed E-state index contributed by atoms with van der Waals surface area (Å²) in [6, 6.07) is 6.41. The Morgan fingerprint density at radius 2 is 2.16 bits per heavy atom. The van der Waals surface area contributed by atoms with Crippen LogP contribution in [0.3, 0.4) is 0 Å². The maximum Gasteiger partial charge on any atom is 0.124 e. The van der Waals surface area contributed by atoms with Gasteiger partial charge in [-0.1, -0.05) is 30.5 Å². The van der Waals surface area contributed by atoms with Gasteiger partial charge in [0.1, 0.15) is 5.75 Å². The number of thioether (sulfide) groups is 1. The quantitative estimate of drug-likeness (QED) is 0.884. The van der Waals surface area contributed by atoms with Gasteiger partial charge in [0.05, 0.1) is 7.11 Å². The van der Waals surface area contributed by atoms with Gasteiger partial charge in [-0.2, -0.15) is 11.8 Å². The van der Waals surface area contributed by atoms with Gasteiger partial charge in [0.2, 0.25) is 0 Å². The van der Waals surface area contributed by atoms with Crippen molar-refractivity contribution in [1.82, 2.24) is 5.32 Å². The first-order chi connectivity index (χ1) is 9.26. The molecule has 0 aromatic heterocycles. The average Bonchev–Trinajstić information content (AvgIpc) is 2.46. The van der Waals surface area contributed by atoms with Gasteiger partial charge in [0.15, 0.2) is 0 Å². The lowest BCUT2D eigenvalue weighted by Crippen LogP contribution is -2.40. The highest BCUT2D eigenvalue weighted by molar-refractivity contribution is 7.99. The van der Waals surface area contributed by atoms with Gasteiger partial charge in [-0.25, -0.2) is 0 Å². The van der Waals surface area contributed by atoms with Crippen LogP contribution in [0.5, 0.6) is 5.75 Å². The number of hydrogen-bond donors (Lipinski definition) is 1. The van der Waals surface area contributed by atoms with Gasteiger partial charge in [0, 0.05) is 28.4 Å². The molecule has 2 unspecified atom stereocenters. The molecule has 0 amide bonds. The fourth-order valence-electron chi connectivity index (χ4n) is 2.75. The molecule has 1 saturated carbocycles. The molecule has 0 aliphatic heterocycles. The normalized spacial score (nSPS) is 23.3. The molecule has 2 rings (SSSR count). The van der Waals surface area contributed by atoms with Gasteiger partial charge in [-0.05, 0) is 31.2 Å². The smallest absolute Gasteiger partial charge is 0.124 e. The molecule has 0 bridgehead atoms. The Kier molecular flexibility index (Phi) is 5.86. The molecule has 4 heteroatoms. The van der Waals surface area contributed by atoms with Crippen molar-refractivity contribution in [2.75, 3.05) is 13.4 Å². The average molecular weight is 300 g/mol. The molecule has 1 N–H and O–H groups in total. The van der Waals surface area contributed by atoms with E-state index in [4.69, 9.17) is 16.3 Å². The summed E-state index contributed by atoms with van der Waals surface area (Å²) in [4.78, 5) is 0. The SMILES string of the molecule is COc1cccc(Cl)c1CNC1CCCCC1SC. The fraction of sp³-hybridized carbons (Fsp3) is 0.600. The summed E-state index contributed by atoms with van der Waals surface area (Å²) in [7, 11) is 1.69. The first kappa shape index (κ1) is 15.0. The van der Waals surface area contributed by atoms with Gasteiger partial charge in [-0.3, -0.25) is 0 Å². The van der Waals surface area contributed by atoms with Crippen molar-refractivity contribution < 1.29 is 4.74 Å². The Bertz CT molecular complexity index is 413. The molecule has 0 radical (unpaired) electrons. The second kappa shape index (κ2) is 7.41. The number of ether oxygens (including phenoxy) is 1. The Balaban J connectivity index is 2.01. The van der Waals surface area contributed by atoms with Crippen molar-refractivity contribution in [2.24, 2.45) is 0 Å². The van der Waals surface area contributed by atoms with Crippen molar-refractivity contribution in [1.29, 1.82) is 0 Å². The predicted octanol–water partition coefficient (Wildman–Crippen LogP) is 4.11. The van der Waals surface area contributed by atoms with Crippen LogP contribution in [-0.2, 0) is 6.54 Å². The molecule has 19 heavy (non-hydrogen) atoms. The highest BCUT2D eigenvalue weighted by Gasteiger charge is 2.24. The van der Waals surface area contributed by atoms with Crippen molar-refractivity contribution in [3.63, 3.8) is 0 Å². The molecule has 106 valence electrons. The van der Waals surface area contributed by atoms with E-state index in [0.717, 1.165) is 28.1 Å². The minimum absolute atomic E-state index is 0.588. The summed E-state index contributed by atoms with van der Waals surface area (Å²) < 4.78 is 5.39. The third kappa shape index (κ3) is 3.80. The Morgan fingerprint density at radius 1 is 1.37 bits per heavy atom. The molecule has 1 aromatic rings. The number of benzene rings is 1. The highest BCUT2D eigenvalue weighted by Crippen LogP contribution is 2.29. The number of rotatable bonds is 5. The van der Waals surface area contributed by atoms with Crippen LogP contribution >= 0.6 is 23.4 Å². The maximum absolute atomic E-state index is 6.27. The van der Waals surface area contributed by atoms with Crippen LogP contribution < -0.4 is 10.1 Å². The van der Waals surface area contributed by atoms with E-state index in [-0.39, 0.29) is 0 Å². The fourth-order valence-corrected chi connectivity index (χ4v) is 3.94. The zero-order chi connectivity index (χ0) is 13.7. The second-order valence-corrected chi connectivity index (χ2v) is 6.45. The van der Waals surface area contributed by atoms with E-state index in [9.17, 15) is 0 Å². The summed E-state index contributed by atoms with van der Waals surface area (Å²) >= 11 is 8.25. The van der Waals surface area contributed by atoms with E-state index in [1.165, 1.54) is 25.7 Å². The molecular formula is C15H22ClNOS. The first-order valence-corrected chi connectivity index (χ1v) is 8.50. The molecule has 1 aliphatic carbocycles. The van der Waals surface area contributed by atoms with Crippen molar-refractivity contribution in [3.8, 4) is 5.75 Å². The Labute approximate surface area is 125 Å². The van der Waals surface area contributed by atoms with Crippen LogP contribution in [0.1, 0.15) is 31.2 Å². The van der Waals surface area contributed by atoms with E-state index in [1.807, 2.05) is 30.0 Å². The Hall–Kier alpha value is -0.380. The molecular weight excluding hydrogens is 278 g/mol. The molecule has 1 fully saturated rings. The van der Waals surface area contributed by atoms with E-state index >= 15 is 0 Å². The van der Waals surface area contributed by atoms with Gasteiger partial charge < -0.3 is 10.1 Å². The van der Waals surface area contributed by atoms with Crippen LogP contribution in [-0.4, -0.2) is 24.7 Å². The van der Waals surface area contributed by atoms with Gasteiger partial charge in [0.25, 0.3) is 0 Å². The molecule has 2 nitrogen and oxygen atoms in total. The number of halogens is 1. The largest absolute Gasteiger partial charge is 0.496 e. The minimum atomic E-state index is 0.588. The van der Waals surface area contributed by atoms with Gasteiger partial charge in [-0.15, -0.1) is 0 Å². The monoisotopic (exact) mass is 299 g/mol. The lowest BCUT2D eigenvalue weighted by molar-refractivity contribution is 0.374. The van der Waals surface area contributed by atoms with Crippen LogP contribution in [0.15, 0.2) is 18.2 Å². The minimum Gasteiger partial charge on any atom is -0.496 e. The first-order valence-electron chi connectivity index (χ1n) is 6.83.